The van der Waals surface area contributed by atoms with Gasteiger partial charge < -0.3 is 10.6 Å². The highest BCUT2D eigenvalue weighted by atomic mass is 19.1. The summed E-state index contributed by atoms with van der Waals surface area (Å²) in [4.78, 5) is 16.9. The number of carbonyl (C=O) groups is 1. The third-order valence-corrected chi connectivity index (χ3v) is 4.18. The molecule has 3 rings (SSSR count). The summed E-state index contributed by atoms with van der Waals surface area (Å²) >= 11 is 0. The van der Waals surface area contributed by atoms with E-state index in [1.165, 1.54) is 12.1 Å². The zero-order chi connectivity index (χ0) is 18.1. The molecule has 1 fully saturated rings. The van der Waals surface area contributed by atoms with Crippen molar-refractivity contribution >= 4 is 5.91 Å². The summed E-state index contributed by atoms with van der Waals surface area (Å²) in [5.41, 5.74) is 1.58. The van der Waals surface area contributed by atoms with Gasteiger partial charge in [-0.15, -0.1) is 0 Å². The molecule has 2 aromatic rings. The Hall–Kier alpha value is -2.27. The van der Waals surface area contributed by atoms with Crippen LogP contribution in [-0.4, -0.2) is 24.0 Å². The van der Waals surface area contributed by atoms with Crippen molar-refractivity contribution in [1.29, 1.82) is 0 Å². The number of amides is 1. The molecule has 0 spiro atoms. The maximum Gasteiger partial charge on any atom is 0.224 e. The highest BCUT2D eigenvalue weighted by Crippen LogP contribution is 2.22. The van der Waals surface area contributed by atoms with Crippen molar-refractivity contribution in [3.8, 4) is 0 Å². The van der Waals surface area contributed by atoms with Crippen LogP contribution in [0.5, 0.6) is 0 Å². The number of halogens is 1. The van der Waals surface area contributed by atoms with Gasteiger partial charge in [0.25, 0.3) is 0 Å². The van der Waals surface area contributed by atoms with E-state index in [9.17, 15) is 9.18 Å². The lowest BCUT2D eigenvalue weighted by molar-refractivity contribution is -0.126. The average Bonchev–Trinajstić information content (AvgIpc) is 2.70. The molecule has 1 aromatic carbocycles. The molecule has 1 amide bonds. The average molecular weight is 343 g/mol. The zero-order valence-corrected chi connectivity index (χ0v) is 14.8. The van der Waals surface area contributed by atoms with Gasteiger partial charge in [0.15, 0.2) is 0 Å². The quantitative estimate of drug-likeness (QED) is 0.894. The molecular weight excluding hydrogens is 317 g/mol. The zero-order valence-electron chi connectivity index (χ0n) is 14.8. The molecule has 0 bridgehead atoms. The summed E-state index contributed by atoms with van der Waals surface area (Å²) in [6, 6.07) is 11.4. The molecule has 1 atom stereocenters. The highest BCUT2D eigenvalue weighted by Gasteiger charge is 2.25. The number of hydrogen-bond donors (Lipinski definition) is 2. The Balaban J connectivity index is 0.00000109. The first kappa shape index (κ1) is 19.1. The molecule has 2 N–H and O–H groups in total. The standard InChI is InChI=1S/C18H20FN3O.C2H6/c19-15-6-4-13(5-7-15)17(16-3-1-2-10-21-16)22-18(23)14-8-11-20-12-9-14;1-2/h1-7,10,14,17,20H,8-9,11-12H2,(H,22,23);1-2H3. The van der Waals surface area contributed by atoms with E-state index >= 15 is 0 Å². The van der Waals surface area contributed by atoms with Crippen LogP contribution in [0.2, 0.25) is 0 Å². The molecule has 1 unspecified atom stereocenters. The van der Waals surface area contributed by atoms with E-state index in [0.717, 1.165) is 37.2 Å². The van der Waals surface area contributed by atoms with E-state index in [4.69, 9.17) is 0 Å². The van der Waals surface area contributed by atoms with Crippen LogP contribution in [0, 0.1) is 11.7 Å². The van der Waals surface area contributed by atoms with Crippen LogP contribution < -0.4 is 10.6 Å². The Labute approximate surface area is 148 Å². The number of nitrogens with zero attached hydrogens (tertiary/aromatic N) is 1. The summed E-state index contributed by atoms with van der Waals surface area (Å²) in [5.74, 6) is -0.243. The molecule has 1 saturated heterocycles. The van der Waals surface area contributed by atoms with Crippen LogP contribution in [0.15, 0.2) is 48.7 Å². The fourth-order valence-electron chi connectivity index (χ4n) is 2.87. The molecule has 134 valence electrons. The lowest BCUT2D eigenvalue weighted by atomic mass is 9.95. The number of carbonyl (C=O) groups excluding carboxylic acids is 1. The van der Waals surface area contributed by atoms with Gasteiger partial charge >= 0.3 is 0 Å². The molecule has 0 saturated carbocycles. The number of benzene rings is 1. The van der Waals surface area contributed by atoms with Crippen LogP contribution in [0.25, 0.3) is 0 Å². The Morgan fingerprint density at radius 2 is 1.84 bits per heavy atom. The van der Waals surface area contributed by atoms with Gasteiger partial charge in [-0.1, -0.05) is 32.0 Å². The third-order valence-electron chi connectivity index (χ3n) is 4.18. The molecule has 5 heteroatoms. The normalized spacial score (nSPS) is 15.6. The van der Waals surface area contributed by atoms with Crippen molar-refractivity contribution in [3.05, 3.63) is 65.7 Å². The molecule has 1 aliphatic rings. The Bertz CT molecular complexity index is 640. The van der Waals surface area contributed by atoms with Crippen molar-refractivity contribution in [1.82, 2.24) is 15.6 Å². The van der Waals surface area contributed by atoms with Crippen LogP contribution in [0.4, 0.5) is 4.39 Å². The van der Waals surface area contributed by atoms with E-state index < -0.39 is 0 Å². The number of piperidine rings is 1. The monoisotopic (exact) mass is 343 g/mol. The van der Waals surface area contributed by atoms with E-state index in [2.05, 4.69) is 15.6 Å². The number of rotatable bonds is 4. The van der Waals surface area contributed by atoms with E-state index in [-0.39, 0.29) is 23.7 Å². The molecular formula is C20H26FN3O. The van der Waals surface area contributed by atoms with Crippen LogP contribution >= 0.6 is 0 Å². The summed E-state index contributed by atoms with van der Waals surface area (Å²) < 4.78 is 13.2. The number of aromatic nitrogens is 1. The SMILES string of the molecule is CC.O=C(NC(c1ccc(F)cc1)c1ccccn1)C1CCNCC1. The first-order chi connectivity index (χ1) is 12.2. The van der Waals surface area contributed by atoms with Crippen LogP contribution in [-0.2, 0) is 4.79 Å². The van der Waals surface area contributed by atoms with Crippen LogP contribution in [0.3, 0.4) is 0 Å². The van der Waals surface area contributed by atoms with Crippen molar-refractivity contribution < 1.29 is 9.18 Å². The Morgan fingerprint density at radius 1 is 1.16 bits per heavy atom. The van der Waals surface area contributed by atoms with Gasteiger partial charge in [0.2, 0.25) is 5.91 Å². The van der Waals surface area contributed by atoms with Gasteiger partial charge in [0, 0.05) is 12.1 Å². The van der Waals surface area contributed by atoms with E-state index in [0.29, 0.717) is 0 Å². The Morgan fingerprint density at radius 3 is 2.44 bits per heavy atom. The molecule has 0 aliphatic carbocycles. The van der Waals surface area contributed by atoms with Crippen molar-refractivity contribution in [3.63, 3.8) is 0 Å². The van der Waals surface area contributed by atoms with Gasteiger partial charge in [-0.05, 0) is 55.8 Å². The second-order valence-corrected chi connectivity index (χ2v) is 5.77. The fourth-order valence-corrected chi connectivity index (χ4v) is 2.87. The molecule has 2 heterocycles. The molecule has 1 aromatic heterocycles. The summed E-state index contributed by atoms with van der Waals surface area (Å²) in [6.07, 6.45) is 3.37. The largest absolute Gasteiger partial charge is 0.343 e. The van der Waals surface area contributed by atoms with Crippen molar-refractivity contribution in [2.45, 2.75) is 32.7 Å². The molecule has 1 aliphatic heterocycles. The Kier molecular flexibility index (Phi) is 7.54. The maximum absolute atomic E-state index is 13.2. The van der Waals surface area contributed by atoms with Crippen LogP contribution in [0.1, 0.15) is 44.0 Å². The minimum atomic E-state index is -0.362. The van der Waals surface area contributed by atoms with Gasteiger partial charge in [0.1, 0.15) is 5.82 Å². The second-order valence-electron chi connectivity index (χ2n) is 5.77. The molecule has 25 heavy (non-hydrogen) atoms. The fraction of sp³-hybridized carbons (Fsp3) is 0.400. The number of nitrogens with one attached hydrogen (secondary N) is 2. The summed E-state index contributed by atoms with van der Waals surface area (Å²) in [7, 11) is 0. The number of hydrogen-bond acceptors (Lipinski definition) is 3. The molecule has 4 nitrogen and oxygen atoms in total. The second kappa shape index (κ2) is 9.89. The van der Waals surface area contributed by atoms with Gasteiger partial charge in [-0.3, -0.25) is 9.78 Å². The van der Waals surface area contributed by atoms with E-state index in [1.54, 1.807) is 18.3 Å². The predicted molar refractivity (Wildman–Crippen MR) is 97.6 cm³/mol. The van der Waals surface area contributed by atoms with Crippen molar-refractivity contribution in [2.24, 2.45) is 5.92 Å². The highest BCUT2D eigenvalue weighted by molar-refractivity contribution is 5.79. The maximum atomic E-state index is 13.2. The molecule has 0 radical (unpaired) electrons. The topological polar surface area (TPSA) is 54.0 Å². The smallest absolute Gasteiger partial charge is 0.224 e. The van der Waals surface area contributed by atoms with E-state index in [1.807, 2.05) is 32.0 Å². The lowest BCUT2D eigenvalue weighted by Crippen LogP contribution is -2.40. The third kappa shape index (κ3) is 5.36. The number of pyridine rings is 1. The van der Waals surface area contributed by atoms with Gasteiger partial charge in [-0.25, -0.2) is 4.39 Å². The minimum Gasteiger partial charge on any atom is -0.343 e. The van der Waals surface area contributed by atoms with Crippen molar-refractivity contribution in [2.75, 3.05) is 13.1 Å². The van der Waals surface area contributed by atoms with Gasteiger partial charge in [-0.2, -0.15) is 0 Å². The first-order valence-electron chi connectivity index (χ1n) is 8.91. The lowest BCUT2D eigenvalue weighted by Gasteiger charge is -2.25. The summed E-state index contributed by atoms with van der Waals surface area (Å²) in [5, 5.41) is 6.35. The summed E-state index contributed by atoms with van der Waals surface area (Å²) in [6.45, 7) is 5.73. The first-order valence-corrected chi connectivity index (χ1v) is 8.91. The minimum absolute atomic E-state index is 0.0166. The van der Waals surface area contributed by atoms with Gasteiger partial charge in [0.05, 0.1) is 11.7 Å². The predicted octanol–water partition coefficient (Wildman–Crippen LogP) is 3.45.